The largest absolute Gasteiger partial charge is 0.438 e. The van der Waals surface area contributed by atoms with E-state index >= 15 is 0 Å². The summed E-state index contributed by atoms with van der Waals surface area (Å²) in [6.45, 7) is 4.25. The molecule has 1 aliphatic rings. The highest BCUT2D eigenvalue weighted by Crippen LogP contribution is 2.31. The molecule has 8 nitrogen and oxygen atoms in total. The standard InChI is InChI=1S/C16H20ClN5O3/c1-10-4-3-5-14(11(10)2)18-15-16(22(24)25)19-20(21(15)23)13-8-6-12(17)7-9-13/h6-11,14,23H,3-5H2,1-2H3/t10-,11+,14+/m1/s1. The van der Waals surface area contributed by atoms with E-state index in [2.05, 4.69) is 23.9 Å². The zero-order chi connectivity index (χ0) is 18.1. The molecule has 1 aromatic carbocycles. The van der Waals surface area contributed by atoms with Crippen molar-refractivity contribution in [2.24, 2.45) is 16.8 Å². The van der Waals surface area contributed by atoms with E-state index in [4.69, 9.17) is 11.6 Å². The van der Waals surface area contributed by atoms with Crippen LogP contribution in [0, 0.1) is 22.0 Å². The van der Waals surface area contributed by atoms with E-state index in [9.17, 15) is 15.3 Å². The fourth-order valence-electron chi connectivity index (χ4n) is 3.22. The first-order valence-corrected chi connectivity index (χ1v) is 8.62. The molecule has 1 aliphatic carbocycles. The molecule has 1 saturated carbocycles. The van der Waals surface area contributed by atoms with E-state index in [0.717, 1.165) is 24.1 Å². The van der Waals surface area contributed by atoms with Crippen LogP contribution in [0.5, 0.6) is 0 Å². The van der Waals surface area contributed by atoms with Crippen molar-refractivity contribution in [3.63, 3.8) is 0 Å². The summed E-state index contributed by atoms with van der Waals surface area (Å²) in [5.41, 5.74) is 0.312. The van der Waals surface area contributed by atoms with Gasteiger partial charge in [-0.05, 0) is 52.2 Å². The van der Waals surface area contributed by atoms with Gasteiger partial charge in [-0.3, -0.25) is 4.99 Å². The van der Waals surface area contributed by atoms with Gasteiger partial charge < -0.3 is 15.3 Å². The average Bonchev–Trinajstić information content (AvgIpc) is 2.90. The highest BCUT2D eigenvalue weighted by Gasteiger charge is 2.30. The number of rotatable bonds is 3. The second-order valence-electron chi connectivity index (χ2n) is 6.52. The molecule has 1 heterocycles. The number of nitro groups is 1. The van der Waals surface area contributed by atoms with Gasteiger partial charge in [0.25, 0.3) is 5.49 Å². The summed E-state index contributed by atoms with van der Waals surface area (Å²) in [4.78, 5) is 16.9. The Morgan fingerprint density at radius 1 is 1.32 bits per heavy atom. The van der Waals surface area contributed by atoms with Gasteiger partial charge in [0, 0.05) is 5.02 Å². The first kappa shape index (κ1) is 17.5. The number of aromatic nitrogens is 3. The molecule has 0 saturated heterocycles. The lowest BCUT2D eigenvalue weighted by molar-refractivity contribution is -0.391. The summed E-state index contributed by atoms with van der Waals surface area (Å²) in [5.74, 6) is 0.301. The first-order chi connectivity index (χ1) is 11.9. The number of hydrogen-bond donors (Lipinski definition) is 1. The van der Waals surface area contributed by atoms with Gasteiger partial charge in [-0.2, -0.15) is 0 Å². The fourth-order valence-corrected chi connectivity index (χ4v) is 3.34. The minimum atomic E-state index is -0.630. The Bertz CT molecular complexity index is 842. The molecule has 3 atom stereocenters. The molecule has 0 aliphatic heterocycles. The molecule has 1 aromatic heterocycles. The fraction of sp³-hybridized carbons (Fsp3) is 0.500. The monoisotopic (exact) mass is 365 g/mol. The molecule has 25 heavy (non-hydrogen) atoms. The molecule has 1 N–H and O–H groups in total. The maximum atomic E-state index is 11.4. The van der Waals surface area contributed by atoms with E-state index in [1.54, 1.807) is 24.3 Å². The van der Waals surface area contributed by atoms with Gasteiger partial charge >= 0.3 is 5.82 Å². The maximum absolute atomic E-state index is 11.4. The van der Waals surface area contributed by atoms with E-state index in [-0.39, 0.29) is 17.4 Å². The van der Waals surface area contributed by atoms with E-state index < -0.39 is 10.7 Å². The van der Waals surface area contributed by atoms with Gasteiger partial charge in [0.1, 0.15) is 5.69 Å². The molecule has 134 valence electrons. The summed E-state index contributed by atoms with van der Waals surface area (Å²) in [6, 6.07) is 6.38. The lowest BCUT2D eigenvalue weighted by Crippen LogP contribution is -2.32. The van der Waals surface area contributed by atoms with E-state index in [1.165, 1.54) is 0 Å². The lowest BCUT2D eigenvalue weighted by atomic mass is 9.78. The zero-order valence-corrected chi connectivity index (χ0v) is 14.8. The van der Waals surface area contributed by atoms with Crippen molar-refractivity contribution in [3.05, 3.63) is 44.9 Å². The molecule has 3 rings (SSSR count). The Kier molecular flexibility index (Phi) is 4.80. The molecule has 0 spiro atoms. The predicted octanol–water partition coefficient (Wildman–Crippen LogP) is 3.20. The Hall–Kier alpha value is -2.35. The molecule has 1 fully saturated rings. The second kappa shape index (κ2) is 6.87. The lowest BCUT2D eigenvalue weighted by Gasteiger charge is -2.31. The molecule has 0 bridgehead atoms. The number of benzene rings is 1. The van der Waals surface area contributed by atoms with E-state index in [1.807, 2.05) is 0 Å². The first-order valence-electron chi connectivity index (χ1n) is 8.24. The molecule has 9 heteroatoms. The van der Waals surface area contributed by atoms with Crippen LogP contribution in [0.2, 0.25) is 5.02 Å². The van der Waals surface area contributed by atoms with Gasteiger partial charge in [-0.25, -0.2) is 0 Å². The van der Waals surface area contributed by atoms with Crippen LogP contribution in [0.1, 0.15) is 33.1 Å². The zero-order valence-electron chi connectivity index (χ0n) is 14.0. The number of hydrogen-bond acceptors (Lipinski definition) is 5. The van der Waals surface area contributed by atoms with Crippen LogP contribution in [-0.4, -0.2) is 30.9 Å². The predicted molar refractivity (Wildman–Crippen MR) is 91.9 cm³/mol. The van der Waals surface area contributed by atoms with Crippen molar-refractivity contribution in [2.75, 3.05) is 0 Å². The number of nitrogens with zero attached hydrogens (tertiary/aromatic N) is 5. The summed E-state index contributed by atoms with van der Waals surface area (Å²) in [5, 5.41) is 26.3. The minimum Gasteiger partial charge on any atom is -0.409 e. The SMILES string of the molecule is C[C@H]1[C@H](C)CCC[C@@H]1N=c1c([N+](=O)[O-])nn(-c2ccc(Cl)cc2)n1O. The van der Waals surface area contributed by atoms with Crippen LogP contribution in [0.15, 0.2) is 29.3 Å². The Balaban J connectivity index is 2.11. The highest BCUT2D eigenvalue weighted by atomic mass is 35.5. The summed E-state index contributed by atoms with van der Waals surface area (Å²) >= 11 is 5.86. The van der Waals surface area contributed by atoms with Crippen molar-refractivity contribution in [1.82, 2.24) is 14.7 Å². The summed E-state index contributed by atoms with van der Waals surface area (Å²) < 4.78 is 0. The summed E-state index contributed by atoms with van der Waals surface area (Å²) in [7, 11) is 0. The third-order valence-corrected chi connectivity index (χ3v) is 5.19. The Morgan fingerprint density at radius 3 is 2.64 bits per heavy atom. The van der Waals surface area contributed by atoms with Crippen molar-refractivity contribution in [1.29, 1.82) is 0 Å². The van der Waals surface area contributed by atoms with Crippen LogP contribution in [0.25, 0.3) is 5.69 Å². The second-order valence-corrected chi connectivity index (χ2v) is 6.96. The maximum Gasteiger partial charge on any atom is 0.438 e. The summed E-state index contributed by atoms with van der Waals surface area (Å²) in [6.07, 6.45) is 2.98. The van der Waals surface area contributed by atoms with E-state index in [0.29, 0.717) is 21.5 Å². The molecule has 2 aromatic rings. The molecular formula is C16H20ClN5O3. The molecule has 0 radical (unpaired) electrons. The molecule has 0 amide bonds. The average molecular weight is 366 g/mol. The quantitative estimate of drug-likeness (QED) is 0.513. The normalized spacial score (nSPS) is 24.4. The smallest absolute Gasteiger partial charge is 0.409 e. The number of halogens is 1. The topological polar surface area (TPSA) is 98.5 Å². The van der Waals surface area contributed by atoms with Crippen molar-refractivity contribution >= 4 is 17.4 Å². The highest BCUT2D eigenvalue weighted by molar-refractivity contribution is 6.30. The van der Waals surface area contributed by atoms with Crippen LogP contribution in [0.3, 0.4) is 0 Å². The van der Waals surface area contributed by atoms with Crippen LogP contribution < -0.4 is 5.49 Å². The van der Waals surface area contributed by atoms with Gasteiger partial charge in [0.05, 0.1) is 11.1 Å². The van der Waals surface area contributed by atoms with Crippen LogP contribution >= 0.6 is 11.6 Å². The van der Waals surface area contributed by atoms with Gasteiger partial charge in [-0.1, -0.05) is 43.1 Å². The van der Waals surface area contributed by atoms with Gasteiger partial charge in [-0.15, -0.1) is 0 Å². The molecular weight excluding hydrogens is 346 g/mol. The molecule has 0 unspecified atom stereocenters. The van der Waals surface area contributed by atoms with Crippen LogP contribution in [0.4, 0.5) is 5.82 Å². The van der Waals surface area contributed by atoms with Crippen molar-refractivity contribution in [3.8, 4) is 5.69 Å². The Morgan fingerprint density at radius 2 is 2.00 bits per heavy atom. The van der Waals surface area contributed by atoms with Crippen molar-refractivity contribution in [2.45, 2.75) is 39.2 Å². The Labute approximate surface area is 149 Å². The van der Waals surface area contributed by atoms with Gasteiger partial charge in [0.2, 0.25) is 0 Å². The van der Waals surface area contributed by atoms with Gasteiger partial charge in [0.15, 0.2) is 0 Å². The third-order valence-electron chi connectivity index (χ3n) is 4.94. The minimum absolute atomic E-state index is 0.0799. The van der Waals surface area contributed by atoms with Crippen LogP contribution in [-0.2, 0) is 0 Å². The van der Waals surface area contributed by atoms with Crippen molar-refractivity contribution < 1.29 is 10.1 Å². The third kappa shape index (κ3) is 3.39.